The van der Waals surface area contributed by atoms with Crippen LogP contribution in [-0.2, 0) is 23.8 Å². The average molecular weight is 378 g/mol. The topological polar surface area (TPSA) is 102 Å². The highest BCUT2D eigenvalue weighted by Gasteiger charge is 2.39. The van der Waals surface area contributed by atoms with E-state index >= 15 is 0 Å². The number of amides is 2. The van der Waals surface area contributed by atoms with E-state index in [-0.39, 0.29) is 25.3 Å². The van der Waals surface area contributed by atoms with Crippen molar-refractivity contribution in [2.24, 2.45) is 0 Å². The highest BCUT2D eigenvalue weighted by Crippen LogP contribution is 2.24. The summed E-state index contributed by atoms with van der Waals surface area (Å²) < 4.78 is 37.2. The van der Waals surface area contributed by atoms with E-state index in [0.717, 1.165) is 6.26 Å². The zero-order valence-electron chi connectivity index (χ0n) is 15.1. The summed E-state index contributed by atoms with van der Waals surface area (Å²) in [6.07, 6.45) is 0.758. The second-order valence-corrected chi connectivity index (χ2v) is 8.99. The van der Waals surface area contributed by atoms with Crippen LogP contribution in [0.5, 0.6) is 0 Å². The first-order chi connectivity index (χ1) is 11.4. The molecule has 25 heavy (non-hydrogen) atoms. The van der Waals surface area contributed by atoms with Crippen LogP contribution in [0.3, 0.4) is 0 Å². The number of rotatable bonds is 4. The predicted molar refractivity (Wildman–Crippen MR) is 88.6 cm³/mol. The molecule has 0 aromatic carbocycles. The Morgan fingerprint density at radius 1 is 1.28 bits per heavy atom. The van der Waals surface area contributed by atoms with Crippen molar-refractivity contribution in [1.82, 2.24) is 9.80 Å². The fourth-order valence-electron chi connectivity index (χ4n) is 2.81. The van der Waals surface area contributed by atoms with Gasteiger partial charge in [-0.25, -0.2) is 9.59 Å². The second-order valence-electron chi connectivity index (χ2n) is 7.35. The third-order valence-electron chi connectivity index (χ3n) is 3.93. The second kappa shape index (κ2) is 7.36. The fraction of sp³-hybridized carbons (Fsp3) is 0.867. The van der Waals surface area contributed by atoms with Crippen LogP contribution < -0.4 is 0 Å². The Hall–Kier alpha value is -1.55. The lowest BCUT2D eigenvalue weighted by Gasteiger charge is -2.36. The summed E-state index contributed by atoms with van der Waals surface area (Å²) in [6, 6.07) is -0.0468. The molecule has 0 bridgehead atoms. The summed E-state index contributed by atoms with van der Waals surface area (Å²) in [5.41, 5.74) is -0.542. The number of likely N-dealkylation sites (tertiary alicyclic amines) is 1. The van der Waals surface area contributed by atoms with E-state index in [0.29, 0.717) is 25.9 Å². The first-order valence-corrected chi connectivity index (χ1v) is 10.1. The quantitative estimate of drug-likeness (QED) is 0.677. The molecule has 1 unspecified atom stereocenters. The van der Waals surface area contributed by atoms with Crippen molar-refractivity contribution in [2.75, 3.05) is 32.5 Å². The van der Waals surface area contributed by atoms with Crippen molar-refractivity contribution >= 4 is 22.3 Å². The van der Waals surface area contributed by atoms with Gasteiger partial charge < -0.3 is 19.3 Å². The molecule has 2 amide bonds. The van der Waals surface area contributed by atoms with Gasteiger partial charge in [-0.05, 0) is 33.6 Å². The van der Waals surface area contributed by atoms with E-state index in [1.165, 1.54) is 0 Å². The molecule has 2 aliphatic heterocycles. The van der Waals surface area contributed by atoms with Gasteiger partial charge in [0.25, 0.3) is 10.1 Å². The molecule has 0 radical (unpaired) electrons. The Morgan fingerprint density at radius 3 is 2.40 bits per heavy atom. The van der Waals surface area contributed by atoms with Crippen LogP contribution >= 0.6 is 0 Å². The Balaban J connectivity index is 1.82. The zero-order valence-corrected chi connectivity index (χ0v) is 15.9. The van der Waals surface area contributed by atoms with E-state index in [4.69, 9.17) is 13.7 Å². The first kappa shape index (κ1) is 19.8. The molecule has 0 aromatic heterocycles. The number of nitrogens with zero attached hydrogens (tertiary/aromatic N) is 2. The number of piperidine rings is 1. The molecule has 2 aliphatic rings. The smallest absolute Gasteiger partial charge is 0.410 e. The van der Waals surface area contributed by atoms with Crippen molar-refractivity contribution in [3.8, 4) is 0 Å². The maximum atomic E-state index is 12.1. The molecule has 10 heteroatoms. The summed E-state index contributed by atoms with van der Waals surface area (Å²) >= 11 is 0. The molecule has 0 aliphatic carbocycles. The average Bonchev–Trinajstić information content (AvgIpc) is 2.84. The lowest BCUT2D eigenvalue weighted by Crippen LogP contribution is -2.48. The SMILES string of the molecule is CC(C)(C)OC(=O)N1CCC(N2CC(COS(C)(=O)=O)OC2=O)CC1. The monoisotopic (exact) mass is 378 g/mol. The van der Waals surface area contributed by atoms with Crippen LogP contribution in [0.4, 0.5) is 9.59 Å². The summed E-state index contributed by atoms with van der Waals surface area (Å²) in [6.45, 7) is 6.54. The predicted octanol–water partition coefficient (Wildman–Crippen LogP) is 1.18. The van der Waals surface area contributed by atoms with Gasteiger partial charge in [0, 0.05) is 19.1 Å². The minimum atomic E-state index is -3.57. The molecule has 2 rings (SSSR count). The minimum Gasteiger partial charge on any atom is -0.444 e. The number of cyclic esters (lactones) is 1. The molecule has 144 valence electrons. The third kappa shape index (κ3) is 6.03. The van der Waals surface area contributed by atoms with Gasteiger partial charge in [0.1, 0.15) is 18.3 Å². The summed E-state index contributed by atoms with van der Waals surface area (Å²) in [7, 11) is -3.57. The van der Waals surface area contributed by atoms with E-state index < -0.39 is 27.9 Å². The van der Waals surface area contributed by atoms with E-state index in [2.05, 4.69) is 0 Å². The lowest BCUT2D eigenvalue weighted by atomic mass is 10.0. The highest BCUT2D eigenvalue weighted by molar-refractivity contribution is 7.85. The number of hydrogen-bond acceptors (Lipinski definition) is 7. The molecule has 2 saturated heterocycles. The van der Waals surface area contributed by atoms with Crippen molar-refractivity contribution in [3.05, 3.63) is 0 Å². The Kier molecular flexibility index (Phi) is 5.82. The van der Waals surface area contributed by atoms with Crippen LogP contribution in [0.1, 0.15) is 33.6 Å². The Bertz CT molecular complexity index is 606. The van der Waals surface area contributed by atoms with Crippen LogP contribution in [0.15, 0.2) is 0 Å². The summed E-state index contributed by atoms with van der Waals surface area (Å²) in [5.74, 6) is 0. The molecule has 0 N–H and O–H groups in total. The molecular weight excluding hydrogens is 352 g/mol. The van der Waals surface area contributed by atoms with Gasteiger partial charge in [-0.2, -0.15) is 8.42 Å². The first-order valence-electron chi connectivity index (χ1n) is 8.24. The largest absolute Gasteiger partial charge is 0.444 e. The van der Waals surface area contributed by atoms with Gasteiger partial charge in [0.15, 0.2) is 0 Å². The van der Waals surface area contributed by atoms with Gasteiger partial charge in [-0.3, -0.25) is 4.18 Å². The van der Waals surface area contributed by atoms with Gasteiger partial charge >= 0.3 is 12.2 Å². The van der Waals surface area contributed by atoms with Crippen molar-refractivity contribution < 1.29 is 31.7 Å². The maximum Gasteiger partial charge on any atom is 0.410 e. The molecule has 2 heterocycles. The molecular formula is C15H26N2O7S. The van der Waals surface area contributed by atoms with Gasteiger partial charge in [0.05, 0.1) is 12.8 Å². The summed E-state index contributed by atoms with van der Waals surface area (Å²) in [4.78, 5) is 27.3. The number of carbonyl (C=O) groups is 2. The lowest BCUT2D eigenvalue weighted by molar-refractivity contribution is 0.0168. The molecule has 0 spiro atoms. The molecule has 0 saturated carbocycles. The Labute approximate surface area is 148 Å². The maximum absolute atomic E-state index is 12.1. The molecule has 9 nitrogen and oxygen atoms in total. The molecule has 1 atom stereocenters. The van der Waals surface area contributed by atoms with Gasteiger partial charge in [-0.1, -0.05) is 0 Å². The molecule has 0 aromatic rings. The highest BCUT2D eigenvalue weighted by atomic mass is 32.2. The van der Waals surface area contributed by atoms with Crippen molar-refractivity contribution in [1.29, 1.82) is 0 Å². The van der Waals surface area contributed by atoms with Gasteiger partial charge in [0.2, 0.25) is 0 Å². The zero-order chi connectivity index (χ0) is 18.8. The normalized spacial score (nSPS) is 22.9. The van der Waals surface area contributed by atoms with Gasteiger partial charge in [-0.15, -0.1) is 0 Å². The van der Waals surface area contributed by atoms with Crippen LogP contribution in [-0.4, -0.2) is 80.6 Å². The number of carbonyl (C=O) groups excluding carboxylic acids is 2. The Morgan fingerprint density at radius 2 is 1.88 bits per heavy atom. The van der Waals surface area contributed by atoms with Crippen molar-refractivity contribution in [3.63, 3.8) is 0 Å². The number of hydrogen-bond donors (Lipinski definition) is 0. The van der Waals surface area contributed by atoms with E-state index in [9.17, 15) is 18.0 Å². The fourth-order valence-corrected chi connectivity index (χ4v) is 3.21. The van der Waals surface area contributed by atoms with Crippen LogP contribution in [0, 0.1) is 0 Å². The third-order valence-corrected chi connectivity index (χ3v) is 4.49. The van der Waals surface area contributed by atoms with E-state index in [1.807, 2.05) is 20.8 Å². The van der Waals surface area contributed by atoms with Crippen LogP contribution in [0.2, 0.25) is 0 Å². The minimum absolute atomic E-state index is 0.0468. The van der Waals surface area contributed by atoms with E-state index in [1.54, 1.807) is 9.80 Å². The number of ether oxygens (including phenoxy) is 2. The summed E-state index contributed by atoms with van der Waals surface area (Å²) in [5, 5.41) is 0. The van der Waals surface area contributed by atoms with Crippen LogP contribution in [0.25, 0.3) is 0 Å². The molecule has 2 fully saturated rings. The van der Waals surface area contributed by atoms with Crippen molar-refractivity contribution in [2.45, 2.75) is 51.4 Å². The standard InChI is InChI=1S/C15H26N2O7S/c1-15(2,3)24-13(18)16-7-5-11(6-8-16)17-9-12(23-14(17)19)10-22-25(4,20)21/h11-12H,5-10H2,1-4H3.